The number of aromatic nitrogens is 1. The van der Waals surface area contributed by atoms with Crippen molar-refractivity contribution in [3.8, 4) is 0 Å². The van der Waals surface area contributed by atoms with E-state index in [2.05, 4.69) is 16.5 Å². The number of benzene rings is 2. The van der Waals surface area contributed by atoms with Gasteiger partial charge in [-0.3, -0.25) is 0 Å². The smallest absolute Gasteiger partial charge is 0.159 e. The molecule has 0 fully saturated rings. The summed E-state index contributed by atoms with van der Waals surface area (Å²) in [6.07, 6.45) is 5.65. The summed E-state index contributed by atoms with van der Waals surface area (Å²) in [5, 5.41) is 1.89. The maximum Gasteiger partial charge on any atom is 0.159 e. The Kier molecular flexibility index (Phi) is 4.55. The Hall–Kier alpha value is -2.17. The Morgan fingerprint density at radius 3 is 2.62 bits per heavy atom. The SMILES string of the molecule is CN1CCc2c(n(/C=C/c3ccc(F)c(F)c3)c3ccc(Cl)cc23)CC1. The summed E-state index contributed by atoms with van der Waals surface area (Å²) in [6.45, 7) is 1.99. The van der Waals surface area contributed by atoms with Gasteiger partial charge in [-0.15, -0.1) is 0 Å². The van der Waals surface area contributed by atoms with E-state index >= 15 is 0 Å². The van der Waals surface area contributed by atoms with Gasteiger partial charge in [0.05, 0.1) is 5.52 Å². The number of fused-ring (bicyclic) bond motifs is 3. The van der Waals surface area contributed by atoms with Crippen LogP contribution in [0.5, 0.6) is 0 Å². The van der Waals surface area contributed by atoms with Crippen LogP contribution >= 0.6 is 11.6 Å². The molecular formula is C21H19ClF2N2. The lowest BCUT2D eigenvalue weighted by molar-refractivity contribution is 0.351. The summed E-state index contributed by atoms with van der Waals surface area (Å²) >= 11 is 6.23. The Labute approximate surface area is 156 Å². The third-order valence-electron chi connectivity index (χ3n) is 5.02. The zero-order valence-electron chi connectivity index (χ0n) is 14.5. The van der Waals surface area contributed by atoms with Gasteiger partial charge in [-0.1, -0.05) is 17.7 Å². The first-order valence-corrected chi connectivity index (χ1v) is 9.04. The van der Waals surface area contributed by atoms with Gasteiger partial charge in [-0.05, 0) is 61.0 Å². The van der Waals surface area contributed by atoms with Crippen LogP contribution in [-0.4, -0.2) is 29.6 Å². The minimum atomic E-state index is -0.836. The first-order chi connectivity index (χ1) is 12.5. The lowest BCUT2D eigenvalue weighted by atomic mass is 10.1. The van der Waals surface area contributed by atoms with Crippen molar-refractivity contribution in [1.29, 1.82) is 0 Å². The molecule has 0 unspecified atom stereocenters. The van der Waals surface area contributed by atoms with E-state index in [0.717, 1.165) is 47.9 Å². The predicted molar refractivity (Wildman–Crippen MR) is 103 cm³/mol. The van der Waals surface area contributed by atoms with Gasteiger partial charge in [0.2, 0.25) is 0 Å². The monoisotopic (exact) mass is 372 g/mol. The topological polar surface area (TPSA) is 8.17 Å². The van der Waals surface area contributed by atoms with Crippen molar-refractivity contribution >= 4 is 34.8 Å². The van der Waals surface area contributed by atoms with Crippen LogP contribution in [0, 0.1) is 11.6 Å². The highest BCUT2D eigenvalue weighted by atomic mass is 35.5. The van der Waals surface area contributed by atoms with Gasteiger partial charge in [0, 0.05) is 41.8 Å². The van der Waals surface area contributed by atoms with Crippen molar-refractivity contribution in [2.45, 2.75) is 12.8 Å². The highest BCUT2D eigenvalue weighted by Gasteiger charge is 2.19. The largest absolute Gasteiger partial charge is 0.320 e. The van der Waals surface area contributed by atoms with Crippen LogP contribution in [0.1, 0.15) is 16.8 Å². The zero-order chi connectivity index (χ0) is 18.3. The average molecular weight is 373 g/mol. The van der Waals surface area contributed by atoms with Gasteiger partial charge in [-0.25, -0.2) is 8.78 Å². The van der Waals surface area contributed by atoms with Crippen LogP contribution in [0.15, 0.2) is 36.4 Å². The normalized spacial score (nSPS) is 15.5. The second-order valence-electron chi connectivity index (χ2n) is 6.75. The van der Waals surface area contributed by atoms with Crippen molar-refractivity contribution in [3.05, 3.63) is 69.9 Å². The van der Waals surface area contributed by atoms with Crippen LogP contribution < -0.4 is 0 Å². The lowest BCUT2D eigenvalue weighted by Crippen LogP contribution is -2.21. The van der Waals surface area contributed by atoms with Gasteiger partial charge in [-0.2, -0.15) is 0 Å². The summed E-state index contributed by atoms with van der Waals surface area (Å²) in [4.78, 5) is 2.32. The summed E-state index contributed by atoms with van der Waals surface area (Å²) < 4.78 is 28.8. The number of hydrogen-bond acceptors (Lipinski definition) is 1. The summed E-state index contributed by atoms with van der Waals surface area (Å²) in [7, 11) is 2.13. The van der Waals surface area contributed by atoms with E-state index in [1.807, 2.05) is 30.5 Å². The molecule has 0 bridgehead atoms. The third-order valence-corrected chi connectivity index (χ3v) is 5.25. The Bertz CT molecular complexity index is 1010. The van der Waals surface area contributed by atoms with Crippen molar-refractivity contribution in [2.24, 2.45) is 0 Å². The summed E-state index contributed by atoms with van der Waals surface area (Å²) in [5.41, 5.74) is 4.29. The van der Waals surface area contributed by atoms with Crippen molar-refractivity contribution in [2.75, 3.05) is 20.1 Å². The highest BCUT2D eigenvalue weighted by Crippen LogP contribution is 2.31. The molecule has 0 aliphatic carbocycles. The lowest BCUT2D eigenvalue weighted by Gasteiger charge is -2.12. The van der Waals surface area contributed by atoms with Crippen LogP contribution in [0.4, 0.5) is 8.78 Å². The van der Waals surface area contributed by atoms with E-state index in [1.54, 1.807) is 6.07 Å². The second-order valence-corrected chi connectivity index (χ2v) is 7.19. The van der Waals surface area contributed by atoms with Crippen molar-refractivity contribution in [3.63, 3.8) is 0 Å². The van der Waals surface area contributed by atoms with E-state index in [9.17, 15) is 8.78 Å². The molecule has 2 aromatic carbocycles. The molecule has 1 aliphatic heterocycles. The zero-order valence-corrected chi connectivity index (χ0v) is 15.2. The maximum atomic E-state index is 13.5. The fraction of sp³-hybridized carbons (Fsp3) is 0.238. The standard InChI is InChI=1S/C21H19ClF2N2/c1-25-9-7-16-17-13-15(22)3-5-20(17)26(21(16)8-10-25)11-6-14-2-4-18(23)19(24)12-14/h2-6,11-13H,7-10H2,1H3/b11-6+. The summed E-state index contributed by atoms with van der Waals surface area (Å²) in [6, 6.07) is 9.86. The average Bonchev–Trinajstić information content (AvgIpc) is 2.76. The molecule has 1 aliphatic rings. The number of halogens is 3. The van der Waals surface area contributed by atoms with Gasteiger partial charge >= 0.3 is 0 Å². The number of hydrogen-bond donors (Lipinski definition) is 0. The van der Waals surface area contributed by atoms with Crippen molar-refractivity contribution in [1.82, 2.24) is 9.47 Å². The molecule has 0 saturated heterocycles. The first kappa shape index (κ1) is 17.3. The molecule has 2 nitrogen and oxygen atoms in total. The Morgan fingerprint density at radius 2 is 1.81 bits per heavy atom. The van der Waals surface area contributed by atoms with E-state index in [0.29, 0.717) is 5.56 Å². The maximum absolute atomic E-state index is 13.5. The molecule has 3 aromatic rings. The van der Waals surface area contributed by atoms with Gasteiger partial charge in [0.25, 0.3) is 0 Å². The molecule has 0 amide bonds. The fourth-order valence-electron chi connectivity index (χ4n) is 3.61. The molecule has 0 N–H and O–H groups in total. The molecule has 26 heavy (non-hydrogen) atoms. The molecule has 0 atom stereocenters. The molecular weight excluding hydrogens is 354 g/mol. The predicted octanol–water partition coefficient (Wildman–Crippen LogP) is 5.23. The molecule has 0 saturated carbocycles. The summed E-state index contributed by atoms with van der Waals surface area (Å²) in [5.74, 6) is -1.67. The molecule has 134 valence electrons. The van der Waals surface area contributed by atoms with Crippen LogP contribution in [0.3, 0.4) is 0 Å². The molecule has 2 heterocycles. The van der Waals surface area contributed by atoms with Crippen LogP contribution in [-0.2, 0) is 12.8 Å². The molecule has 1 aromatic heterocycles. The number of likely N-dealkylation sites (N-methyl/N-ethyl adjacent to an activating group) is 1. The van der Waals surface area contributed by atoms with Crippen LogP contribution in [0.2, 0.25) is 5.02 Å². The molecule has 5 heteroatoms. The van der Waals surface area contributed by atoms with Crippen LogP contribution in [0.25, 0.3) is 23.2 Å². The van der Waals surface area contributed by atoms with E-state index in [1.165, 1.54) is 17.3 Å². The third kappa shape index (κ3) is 3.15. The quantitative estimate of drug-likeness (QED) is 0.598. The number of rotatable bonds is 2. The molecule has 4 rings (SSSR count). The van der Waals surface area contributed by atoms with Crippen molar-refractivity contribution < 1.29 is 8.78 Å². The first-order valence-electron chi connectivity index (χ1n) is 8.66. The minimum Gasteiger partial charge on any atom is -0.320 e. The van der Waals surface area contributed by atoms with Gasteiger partial charge in [0.15, 0.2) is 11.6 Å². The second kappa shape index (κ2) is 6.86. The fourth-order valence-corrected chi connectivity index (χ4v) is 3.79. The van der Waals surface area contributed by atoms with E-state index < -0.39 is 11.6 Å². The van der Waals surface area contributed by atoms with Gasteiger partial charge < -0.3 is 9.47 Å². The molecule has 0 spiro atoms. The van der Waals surface area contributed by atoms with Gasteiger partial charge in [0.1, 0.15) is 0 Å². The van der Waals surface area contributed by atoms with E-state index in [4.69, 9.17) is 11.6 Å². The minimum absolute atomic E-state index is 0.624. The Balaban J connectivity index is 1.83. The molecule has 0 radical (unpaired) electrons. The van der Waals surface area contributed by atoms with E-state index in [-0.39, 0.29) is 0 Å². The Morgan fingerprint density at radius 1 is 1.00 bits per heavy atom. The highest BCUT2D eigenvalue weighted by molar-refractivity contribution is 6.31. The number of nitrogens with zero attached hydrogens (tertiary/aromatic N) is 2.